The quantitative estimate of drug-likeness (QED) is 0.262. The van der Waals surface area contributed by atoms with E-state index < -0.39 is 4.92 Å². The molecule has 1 aliphatic heterocycles. The molecule has 1 aromatic heterocycles. The van der Waals surface area contributed by atoms with E-state index in [4.69, 9.17) is 16.3 Å². The van der Waals surface area contributed by atoms with Crippen LogP contribution in [-0.4, -0.2) is 58.8 Å². The summed E-state index contributed by atoms with van der Waals surface area (Å²) in [6, 6.07) is 22.8. The van der Waals surface area contributed by atoms with Crippen LogP contribution in [0, 0.1) is 10.1 Å². The summed E-state index contributed by atoms with van der Waals surface area (Å²) in [7, 11) is 1.65. The van der Waals surface area contributed by atoms with Crippen molar-refractivity contribution in [3.05, 3.63) is 99.7 Å². The van der Waals surface area contributed by atoms with E-state index in [2.05, 4.69) is 10.00 Å². The lowest BCUT2D eigenvalue weighted by Gasteiger charge is -2.36. The van der Waals surface area contributed by atoms with Crippen LogP contribution in [0.25, 0.3) is 16.9 Å². The second-order valence-corrected chi connectivity index (χ2v) is 8.94. The SMILES string of the molecule is COc1ccccc1N1CCN(C(=O)c2cc(-c3ccc([N+](=O)[O-])cc3)nn2-c2ccccc2Cl)CC1. The number of hydrogen-bond donors (Lipinski definition) is 0. The van der Waals surface area contributed by atoms with Gasteiger partial charge in [0, 0.05) is 43.9 Å². The number of carbonyl (C=O) groups is 1. The molecule has 3 aromatic carbocycles. The van der Waals surface area contributed by atoms with Gasteiger partial charge in [-0.05, 0) is 42.5 Å². The van der Waals surface area contributed by atoms with Gasteiger partial charge >= 0.3 is 0 Å². The molecule has 1 amide bonds. The van der Waals surface area contributed by atoms with Gasteiger partial charge in [-0.1, -0.05) is 35.9 Å². The molecular formula is C27H24ClN5O4. The van der Waals surface area contributed by atoms with Crippen molar-refractivity contribution in [2.45, 2.75) is 0 Å². The Hall–Kier alpha value is -4.37. The summed E-state index contributed by atoms with van der Waals surface area (Å²) < 4.78 is 7.05. The van der Waals surface area contributed by atoms with E-state index in [1.54, 1.807) is 47.0 Å². The summed E-state index contributed by atoms with van der Waals surface area (Å²) in [5.74, 6) is 0.632. The number of hydrogen-bond acceptors (Lipinski definition) is 6. The lowest BCUT2D eigenvalue weighted by Crippen LogP contribution is -2.49. The third-order valence-corrected chi connectivity index (χ3v) is 6.70. The van der Waals surface area contributed by atoms with Crippen LogP contribution in [-0.2, 0) is 0 Å². The maximum absolute atomic E-state index is 13.7. The van der Waals surface area contributed by atoms with Crippen LogP contribution in [0.3, 0.4) is 0 Å². The minimum absolute atomic E-state index is 0.0153. The molecule has 188 valence electrons. The van der Waals surface area contributed by atoms with E-state index in [0.29, 0.717) is 53.8 Å². The Balaban J connectivity index is 1.44. The van der Waals surface area contributed by atoms with Gasteiger partial charge in [-0.3, -0.25) is 14.9 Å². The van der Waals surface area contributed by atoms with Crippen molar-refractivity contribution in [2.75, 3.05) is 38.2 Å². The van der Waals surface area contributed by atoms with Gasteiger partial charge in [0.25, 0.3) is 11.6 Å². The molecule has 1 fully saturated rings. The van der Waals surface area contributed by atoms with Crippen LogP contribution in [0.5, 0.6) is 5.75 Å². The van der Waals surface area contributed by atoms with Gasteiger partial charge < -0.3 is 14.5 Å². The smallest absolute Gasteiger partial charge is 0.272 e. The summed E-state index contributed by atoms with van der Waals surface area (Å²) in [6.07, 6.45) is 0. The van der Waals surface area contributed by atoms with Crippen LogP contribution in [0.4, 0.5) is 11.4 Å². The zero-order valence-corrected chi connectivity index (χ0v) is 20.8. The van der Waals surface area contributed by atoms with Crippen LogP contribution >= 0.6 is 11.6 Å². The van der Waals surface area contributed by atoms with Crippen LogP contribution < -0.4 is 9.64 Å². The molecule has 37 heavy (non-hydrogen) atoms. The Labute approximate surface area is 218 Å². The number of amides is 1. The first-order valence-corrected chi connectivity index (χ1v) is 12.1. The number of benzene rings is 3. The molecule has 1 saturated heterocycles. The molecule has 1 aliphatic rings. The molecule has 0 aliphatic carbocycles. The Morgan fingerprint density at radius 3 is 2.24 bits per heavy atom. The number of para-hydroxylation sites is 3. The monoisotopic (exact) mass is 517 g/mol. The van der Waals surface area contributed by atoms with Gasteiger partial charge in [0.2, 0.25) is 0 Å². The minimum Gasteiger partial charge on any atom is -0.495 e. The number of nitrogens with zero attached hydrogens (tertiary/aromatic N) is 5. The molecule has 0 bridgehead atoms. The molecule has 0 spiro atoms. The van der Waals surface area contributed by atoms with E-state index in [1.807, 2.05) is 36.4 Å². The van der Waals surface area contributed by atoms with Crippen molar-refractivity contribution >= 4 is 28.9 Å². The zero-order valence-electron chi connectivity index (χ0n) is 20.1. The van der Waals surface area contributed by atoms with E-state index in [1.165, 1.54) is 12.1 Å². The summed E-state index contributed by atoms with van der Waals surface area (Å²) in [4.78, 5) is 28.4. The third-order valence-electron chi connectivity index (χ3n) is 6.38. The van der Waals surface area contributed by atoms with Crippen molar-refractivity contribution in [3.63, 3.8) is 0 Å². The fourth-order valence-electron chi connectivity index (χ4n) is 4.44. The molecule has 0 atom stereocenters. The first-order chi connectivity index (χ1) is 18.0. The lowest BCUT2D eigenvalue weighted by molar-refractivity contribution is -0.384. The summed E-state index contributed by atoms with van der Waals surface area (Å²) in [6.45, 7) is 2.36. The molecule has 9 nitrogen and oxygen atoms in total. The number of nitro groups is 1. The highest BCUT2D eigenvalue weighted by Gasteiger charge is 2.27. The predicted octanol–water partition coefficient (Wildman–Crippen LogP) is 5.07. The maximum atomic E-state index is 13.7. The second kappa shape index (κ2) is 10.3. The standard InChI is InChI=1S/C27H24ClN5O4/c1-37-26-9-5-4-8-24(26)30-14-16-31(17-15-30)27(34)25-18-22(19-10-12-20(13-11-19)33(35)36)29-32(25)23-7-3-2-6-21(23)28/h2-13,18H,14-17H2,1H3. The molecule has 0 unspecified atom stereocenters. The van der Waals surface area contributed by atoms with Crippen LogP contribution in [0.1, 0.15) is 10.5 Å². The summed E-state index contributed by atoms with van der Waals surface area (Å²) >= 11 is 6.47. The highest BCUT2D eigenvalue weighted by atomic mass is 35.5. The molecule has 2 heterocycles. The minimum atomic E-state index is -0.453. The Kier molecular flexibility index (Phi) is 6.78. The average Bonchev–Trinajstić information content (AvgIpc) is 3.38. The highest BCUT2D eigenvalue weighted by molar-refractivity contribution is 6.32. The van der Waals surface area contributed by atoms with Crippen molar-refractivity contribution in [3.8, 4) is 22.7 Å². The van der Waals surface area contributed by atoms with Crippen molar-refractivity contribution in [2.24, 2.45) is 0 Å². The Morgan fingerprint density at radius 2 is 1.59 bits per heavy atom. The van der Waals surface area contributed by atoms with E-state index in [-0.39, 0.29) is 11.6 Å². The number of ether oxygens (including phenoxy) is 1. The maximum Gasteiger partial charge on any atom is 0.272 e. The largest absolute Gasteiger partial charge is 0.495 e. The van der Waals surface area contributed by atoms with E-state index in [9.17, 15) is 14.9 Å². The number of halogens is 1. The topological polar surface area (TPSA) is 93.7 Å². The third kappa shape index (κ3) is 4.85. The normalized spacial score (nSPS) is 13.5. The molecule has 0 saturated carbocycles. The Bertz CT molecular complexity index is 1450. The fourth-order valence-corrected chi connectivity index (χ4v) is 4.65. The average molecular weight is 518 g/mol. The van der Waals surface area contributed by atoms with Gasteiger partial charge in [-0.15, -0.1) is 0 Å². The number of carbonyl (C=O) groups excluding carboxylic acids is 1. The molecule has 4 aromatic rings. The van der Waals surface area contributed by atoms with E-state index in [0.717, 1.165) is 11.4 Å². The van der Waals surface area contributed by atoms with E-state index >= 15 is 0 Å². The molecule has 0 N–H and O–H groups in total. The number of nitro benzene ring substituents is 1. The van der Waals surface area contributed by atoms with Crippen LogP contribution in [0.2, 0.25) is 5.02 Å². The number of rotatable bonds is 6. The number of piperazine rings is 1. The lowest BCUT2D eigenvalue weighted by atomic mass is 10.1. The summed E-state index contributed by atoms with van der Waals surface area (Å²) in [5, 5.41) is 16.2. The fraction of sp³-hybridized carbons (Fsp3) is 0.185. The first-order valence-electron chi connectivity index (χ1n) is 11.7. The van der Waals surface area contributed by atoms with Gasteiger partial charge in [0.15, 0.2) is 0 Å². The van der Waals surface area contributed by atoms with Crippen molar-refractivity contribution in [1.29, 1.82) is 0 Å². The van der Waals surface area contributed by atoms with Gasteiger partial charge in [-0.2, -0.15) is 5.10 Å². The number of non-ortho nitro benzene ring substituents is 1. The molecular weight excluding hydrogens is 494 g/mol. The van der Waals surface area contributed by atoms with Gasteiger partial charge in [0.05, 0.1) is 34.1 Å². The molecule has 0 radical (unpaired) electrons. The molecule has 10 heteroatoms. The predicted molar refractivity (Wildman–Crippen MR) is 142 cm³/mol. The number of aromatic nitrogens is 2. The Morgan fingerprint density at radius 1 is 0.946 bits per heavy atom. The van der Waals surface area contributed by atoms with Crippen molar-refractivity contribution in [1.82, 2.24) is 14.7 Å². The first kappa shape index (κ1) is 24.3. The summed E-state index contributed by atoms with van der Waals surface area (Å²) in [5.41, 5.74) is 3.11. The number of anilines is 1. The van der Waals surface area contributed by atoms with Gasteiger partial charge in [-0.25, -0.2) is 4.68 Å². The second-order valence-electron chi connectivity index (χ2n) is 8.53. The number of methoxy groups -OCH3 is 1. The van der Waals surface area contributed by atoms with Crippen LogP contribution in [0.15, 0.2) is 78.9 Å². The van der Waals surface area contributed by atoms with Crippen molar-refractivity contribution < 1.29 is 14.5 Å². The molecule has 5 rings (SSSR count). The van der Waals surface area contributed by atoms with Gasteiger partial charge in [0.1, 0.15) is 11.4 Å². The highest BCUT2D eigenvalue weighted by Crippen LogP contribution is 2.30. The zero-order chi connectivity index (χ0) is 25.9.